The van der Waals surface area contributed by atoms with Gasteiger partial charge in [-0.3, -0.25) is 0 Å². The van der Waals surface area contributed by atoms with Crippen molar-refractivity contribution in [2.24, 2.45) is 0 Å². The number of fused-ring (bicyclic) bond motifs is 17. The molecule has 0 saturated heterocycles. The summed E-state index contributed by atoms with van der Waals surface area (Å²) in [6.45, 7) is 8.97. The van der Waals surface area contributed by atoms with Gasteiger partial charge in [-0.1, -0.05) is 99.6 Å². The molecule has 2 aliphatic rings. The Hall–Kier alpha value is -7.18. The van der Waals surface area contributed by atoms with Crippen molar-refractivity contribution in [1.82, 2.24) is 4.57 Å². The van der Waals surface area contributed by atoms with Gasteiger partial charge in [0.15, 0.2) is 0 Å². The Kier molecular flexibility index (Phi) is 5.75. The smallest absolute Gasteiger partial charge is 0.333 e. The molecule has 0 amide bonds. The minimum atomic E-state index is -0.148. The Bertz CT molecular complexity index is 3850. The van der Waals surface area contributed by atoms with E-state index in [1.54, 1.807) is 0 Å². The number of hydrogen-bond donors (Lipinski definition) is 0. The number of hydrogen-bond acceptors (Lipinski definition) is 4. The molecule has 0 aliphatic carbocycles. The first kappa shape index (κ1) is 31.9. The number of rotatable bonds is 1. The number of nitrogens with zero attached hydrogens (tertiary/aromatic N) is 2. The summed E-state index contributed by atoms with van der Waals surface area (Å²) in [7, 11) is 0. The van der Waals surface area contributed by atoms with E-state index in [0.717, 1.165) is 82.7 Å². The van der Waals surface area contributed by atoms with E-state index in [1.807, 2.05) is 6.07 Å². The molecule has 59 heavy (non-hydrogen) atoms. The summed E-state index contributed by atoms with van der Waals surface area (Å²) in [6, 6.07) is 50.9. The predicted molar refractivity (Wildman–Crippen MR) is 245 cm³/mol. The highest BCUT2D eigenvalue weighted by atomic mass is 16.3. The van der Waals surface area contributed by atoms with Crippen molar-refractivity contribution < 1.29 is 13.3 Å². The molecule has 14 rings (SSSR count). The number of benzene rings is 8. The highest BCUT2D eigenvalue weighted by Crippen LogP contribution is 2.49. The van der Waals surface area contributed by atoms with Crippen molar-refractivity contribution >= 4 is 117 Å². The summed E-state index contributed by atoms with van der Waals surface area (Å²) in [5, 5.41) is 9.16. The van der Waals surface area contributed by atoms with Crippen LogP contribution in [0.4, 0.5) is 11.4 Å². The summed E-state index contributed by atoms with van der Waals surface area (Å²) in [6.07, 6.45) is 0. The number of aromatic nitrogens is 1. The van der Waals surface area contributed by atoms with Crippen LogP contribution < -0.4 is 15.7 Å². The molecular weight excluding hydrogens is 723 g/mol. The van der Waals surface area contributed by atoms with Crippen LogP contribution in [0.2, 0.25) is 0 Å². The SMILES string of the molecule is Cc1cc2c3c4c1c1cc5oc6ccccc6c5cc1n4-c1cc4oc5ccccc5c4cc1B3N(c1ccc(C(C)(C)C)cc1)c1cc3c(cc1-2)oc1ccccc13. The Morgan fingerprint density at radius 3 is 1.71 bits per heavy atom. The van der Waals surface area contributed by atoms with Crippen molar-refractivity contribution in [3.05, 3.63) is 151 Å². The molecule has 0 N–H and O–H groups in total. The van der Waals surface area contributed by atoms with E-state index in [2.05, 4.69) is 171 Å². The summed E-state index contributed by atoms with van der Waals surface area (Å²) in [4.78, 5) is 2.60. The van der Waals surface area contributed by atoms with Crippen LogP contribution in [0, 0.1) is 6.92 Å². The van der Waals surface area contributed by atoms with E-state index in [1.165, 1.54) is 55.2 Å². The maximum atomic E-state index is 6.68. The minimum absolute atomic E-state index is 0.0212. The molecule has 6 heterocycles. The monoisotopic (exact) mass is 758 g/mol. The van der Waals surface area contributed by atoms with Crippen LogP contribution in [-0.2, 0) is 5.41 Å². The molecule has 0 radical (unpaired) electrons. The first-order chi connectivity index (χ1) is 28.8. The normalized spacial score (nSPS) is 13.7. The van der Waals surface area contributed by atoms with Crippen LogP contribution in [0.15, 0.2) is 153 Å². The van der Waals surface area contributed by atoms with E-state index in [0.29, 0.717) is 0 Å². The molecular formula is C53H35BN2O3. The number of para-hydroxylation sites is 3. The van der Waals surface area contributed by atoms with Gasteiger partial charge < -0.3 is 22.6 Å². The van der Waals surface area contributed by atoms with E-state index in [9.17, 15) is 0 Å². The second kappa shape index (κ2) is 10.7. The molecule has 0 spiro atoms. The zero-order valence-corrected chi connectivity index (χ0v) is 33.0. The van der Waals surface area contributed by atoms with Gasteiger partial charge in [0.05, 0.1) is 11.0 Å². The van der Waals surface area contributed by atoms with Crippen molar-refractivity contribution in [2.45, 2.75) is 33.1 Å². The molecule has 5 nitrogen and oxygen atoms in total. The van der Waals surface area contributed by atoms with Crippen LogP contribution in [0.1, 0.15) is 31.9 Å². The Labute approximate surface area is 338 Å². The second-order valence-corrected chi connectivity index (χ2v) is 17.7. The lowest BCUT2D eigenvalue weighted by molar-refractivity contribution is 0.590. The summed E-state index contributed by atoms with van der Waals surface area (Å²) < 4.78 is 22.4. The highest BCUT2D eigenvalue weighted by molar-refractivity contribution is 6.94. The Morgan fingerprint density at radius 1 is 0.492 bits per heavy atom. The number of aryl methyl sites for hydroxylation is 1. The van der Waals surface area contributed by atoms with Crippen LogP contribution >= 0.6 is 0 Å². The second-order valence-electron chi connectivity index (χ2n) is 17.7. The van der Waals surface area contributed by atoms with Gasteiger partial charge in [0.1, 0.15) is 33.5 Å². The number of furan rings is 3. The van der Waals surface area contributed by atoms with E-state index < -0.39 is 0 Å². The Balaban J connectivity index is 1.19. The average Bonchev–Trinajstić information content (AvgIpc) is 3.99. The highest BCUT2D eigenvalue weighted by Gasteiger charge is 2.45. The Morgan fingerprint density at radius 2 is 1.07 bits per heavy atom. The fourth-order valence-corrected chi connectivity index (χ4v) is 10.7. The molecule has 0 unspecified atom stereocenters. The topological polar surface area (TPSA) is 47.6 Å². The standard InChI is InChI=1S/C53H35BN2O3/c1-28-21-38-34-25-47-37(33-13-7-10-16-46(33)57-47)24-42(34)56(30-19-17-29(18-20-30)53(2,3)4)54-40-22-35-31-11-5-8-14-44(31)59-49(35)27-43(40)55-41-23-36-32-12-6-9-15-45(32)58-48(36)26-39(41)50(28)52(55)51(38)54/h5-27H,1-4H3. The molecule has 4 aromatic heterocycles. The van der Waals surface area contributed by atoms with Gasteiger partial charge in [-0.05, 0) is 94.6 Å². The van der Waals surface area contributed by atoms with Crippen molar-refractivity contribution in [3.8, 4) is 16.8 Å². The maximum Gasteiger partial charge on any atom is 0.333 e. The van der Waals surface area contributed by atoms with Gasteiger partial charge in [-0.25, -0.2) is 0 Å². The molecule has 8 aromatic carbocycles. The van der Waals surface area contributed by atoms with Crippen LogP contribution in [0.5, 0.6) is 0 Å². The van der Waals surface area contributed by atoms with Crippen molar-refractivity contribution in [2.75, 3.05) is 4.81 Å². The van der Waals surface area contributed by atoms with Gasteiger partial charge in [-0.15, -0.1) is 0 Å². The van der Waals surface area contributed by atoms with E-state index >= 15 is 0 Å². The quantitative estimate of drug-likeness (QED) is 0.156. The van der Waals surface area contributed by atoms with Gasteiger partial charge in [-0.2, -0.15) is 0 Å². The molecule has 0 bridgehead atoms. The molecule has 0 fully saturated rings. The first-order valence-electron chi connectivity index (χ1n) is 20.5. The van der Waals surface area contributed by atoms with Crippen molar-refractivity contribution in [1.29, 1.82) is 0 Å². The first-order valence-corrected chi connectivity index (χ1v) is 20.5. The van der Waals surface area contributed by atoms with Gasteiger partial charge in [0, 0.05) is 71.8 Å². The summed E-state index contributed by atoms with van der Waals surface area (Å²) in [5.41, 5.74) is 18.7. The molecule has 0 atom stereocenters. The minimum Gasteiger partial charge on any atom is -0.456 e. The third kappa shape index (κ3) is 4.01. The van der Waals surface area contributed by atoms with Crippen LogP contribution in [-0.4, -0.2) is 11.4 Å². The number of anilines is 2. The van der Waals surface area contributed by atoms with Gasteiger partial charge in [0.25, 0.3) is 0 Å². The average molecular weight is 759 g/mol. The van der Waals surface area contributed by atoms with Crippen molar-refractivity contribution in [3.63, 3.8) is 0 Å². The largest absolute Gasteiger partial charge is 0.456 e. The molecule has 0 saturated carbocycles. The lowest BCUT2D eigenvalue weighted by atomic mass is 9.43. The third-order valence-electron chi connectivity index (χ3n) is 13.4. The maximum absolute atomic E-state index is 6.68. The van der Waals surface area contributed by atoms with E-state index in [4.69, 9.17) is 13.3 Å². The lowest BCUT2D eigenvalue weighted by Crippen LogP contribution is -2.60. The molecule has 2 aliphatic heterocycles. The third-order valence-corrected chi connectivity index (χ3v) is 13.4. The van der Waals surface area contributed by atoms with Gasteiger partial charge in [0.2, 0.25) is 0 Å². The van der Waals surface area contributed by atoms with E-state index in [-0.39, 0.29) is 12.3 Å². The fourth-order valence-electron chi connectivity index (χ4n) is 10.7. The summed E-state index contributed by atoms with van der Waals surface area (Å²) >= 11 is 0. The molecule has 6 heteroatoms. The fraction of sp³-hybridized carbons (Fsp3) is 0.0943. The molecule has 12 aromatic rings. The molecule has 278 valence electrons. The lowest BCUT2D eigenvalue weighted by Gasteiger charge is -2.42. The zero-order chi connectivity index (χ0) is 39.1. The zero-order valence-electron chi connectivity index (χ0n) is 33.0. The van der Waals surface area contributed by atoms with Crippen LogP contribution in [0.3, 0.4) is 0 Å². The van der Waals surface area contributed by atoms with Gasteiger partial charge >= 0.3 is 6.85 Å². The predicted octanol–water partition coefficient (Wildman–Crippen LogP) is 13.3. The van der Waals surface area contributed by atoms with Crippen LogP contribution in [0.25, 0.3) is 104 Å². The summed E-state index contributed by atoms with van der Waals surface area (Å²) in [5.74, 6) is 0.